The molecular formula is C14H21NO4. The number of anilines is 1. The molecule has 0 fully saturated rings. The first kappa shape index (κ1) is 15.3. The fraction of sp³-hybridized carbons (Fsp3) is 0.500. The zero-order valence-electron chi connectivity index (χ0n) is 11.8. The van der Waals surface area contributed by atoms with Crippen molar-refractivity contribution in [1.82, 2.24) is 0 Å². The van der Waals surface area contributed by atoms with E-state index in [1.165, 1.54) is 7.11 Å². The van der Waals surface area contributed by atoms with Gasteiger partial charge in [0.15, 0.2) is 0 Å². The van der Waals surface area contributed by atoms with E-state index in [2.05, 4.69) is 10.1 Å². The van der Waals surface area contributed by atoms with Crippen molar-refractivity contribution in [3.8, 4) is 5.75 Å². The lowest BCUT2D eigenvalue weighted by Crippen LogP contribution is -2.23. The van der Waals surface area contributed by atoms with Crippen LogP contribution in [0.1, 0.15) is 17.5 Å². The van der Waals surface area contributed by atoms with E-state index in [1.807, 2.05) is 26.0 Å². The molecule has 0 radical (unpaired) electrons. The molecule has 0 spiro atoms. The summed E-state index contributed by atoms with van der Waals surface area (Å²) < 4.78 is 9.78. The van der Waals surface area contributed by atoms with E-state index in [1.54, 1.807) is 7.11 Å². The molecule has 0 aliphatic heterocycles. The molecule has 1 aromatic rings. The van der Waals surface area contributed by atoms with E-state index in [-0.39, 0.29) is 6.42 Å². The van der Waals surface area contributed by atoms with Gasteiger partial charge in [-0.25, -0.2) is 0 Å². The van der Waals surface area contributed by atoms with Crippen LogP contribution in [0.25, 0.3) is 0 Å². The Balaban J connectivity index is 2.61. The third-order valence-corrected chi connectivity index (χ3v) is 2.84. The minimum absolute atomic E-state index is 0.0163. The van der Waals surface area contributed by atoms with E-state index >= 15 is 0 Å². The standard InChI is InChI=1S/C14H21NO4/c1-9-5-11(6-10(2)14(9)19-4)15-8-12(16)7-13(17)18-3/h5-6,12,15-16H,7-8H2,1-4H3. The van der Waals surface area contributed by atoms with Gasteiger partial charge in [0.05, 0.1) is 26.7 Å². The Morgan fingerprint density at radius 2 is 1.89 bits per heavy atom. The number of methoxy groups -OCH3 is 2. The molecule has 0 aromatic heterocycles. The Kier molecular flexibility index (Phi) is 5.63. The van der Waals surface area contributed by atoms with Gasteiger partial charge in [-0.2, -0.15) is 0 Å². The van der Waals surface area contributed by atoms with Crippen molar-refractivity contribution in [3.05, 3.63) is 23.3 Å². The summed E-state index contributed by atoms with van der Waals surface area (Å²) in [5, 5.41) is 12.8. The van der Waals surface area contributed by atoms with Crippen LogP contribution in [0.3, 0.4) is 0 Å². The first-order chi connectivity index (χ1) is 8.97. The van der Waals surface area contributed by atoms with Crippen LogP contribution in [0.15, 0.2) is 12.1 Å². The second kappa shape index (κ2) is 6.99. The number of hydrogen-bond acceptors (Lipinski definition) is 5. The Morgan fingerprint density at radius 1 is 1.32 bits per heavy atom. The molecular weight excluding hydrogens is 246 g/mol. The van der Waals surface area contributed by atoms with Crippen molar-refractivity contribution in [2.45, 2.75) is 26.4 Å². The zero-order chi connectivity index (χ0) is 14.4. The van der Waals surface area contributed by atoms with Crippen LogP contribution in [0.5, 0.6) is 5.75 Å². The van der Waals surface area contributed by atoms with Gasteiger partial charge in [-0.05, 0) is 37.1 Å². The van der Waals surface area contributed by atoms with Gasteiger partial charge in [-0.3, -0.25) is 4.79 Å². The number of rotatable bonds is 6. The highest BCUT2D eigenvalue weighted by Crippen LogP contribution is 2.26. The van der Waals surface area contributed by atoms with Gasteiger partial charge in [-0.15, -0.1) is 0 Å². The van der Waals surface area contributed by atoms with Crippen LogP contribution in [0.2, 0.25) is 0 Å². The molecule has 5 heteroatoms. The lowest BCUT2D eigenvalue weighted by atomic mass is 10.1. The lowest BCUT2D eigenvalue weighted by Gasteiger charge is -2.15. The second-order valence-corrected chi connectivity index (χ2v) is 4.46. The molecule has 0 aliphatic rings. The minimum atomic E-state index is -0.768. The highest BCUT2D eigenvalue weighted by molar-refractivity contribution is 5.69. The fourth-order valence-electron chi connectivity index (χ4n) is 1.96. The van der Waals surface area contributed by atoms with Gasteiger partial charge in [0.1, 0.15) is 5.75 Å². The van der Waals surface area contributed by atoms with Gasteiger partial charge < -0.3 is 19.9 Å². The number of benzene rings is 1. The molecule has 2 N–H and O–H groups in total. The second-order valence-electron chi connectivity index (χ2n) is 4.46. The van der Waals surface area contributed by atoms with Crippen LogP contribution in [0.4, 0.5) is 5.69 Å². The Morgan fingerprint density at radius 3 is 2.37 bits per heavy atom. The van der Waals surface area contributed by atoms with E-state index in [4.69, 9.17) is 4.74 Å². The summed E-state index contributed by atoms with van der Waals surface area (Å²) in [6.07, 6.45) is -0.785. The summed E-state index contributed by atoms with van der Waals surface area (Å²) in [5.41, 5.74) is 2.93. The maximum atomic E-state index is 11.0. The molecule has 0 heterocycles. The normalized spacial score (nSPS) is 11.8. The van der Waals surface area contributed by atoms with Crippen LogP contribution in [-0.2, 0) is 9.53 Å². The predicted molar refractivity (Wildman–Crippen MR) is 73.6 cm³/mol. The average Bonchev–Trinajstić information content (AvgIpc) is 2.36. The van der Waals surface area contributed by atoms with Gasteiger partial charge in [0.2, 0.25) is 0 Å². The summed E-state index contributed by atoms with van der Waals surface area (Å²) in [5.74, 6) is 0.442. The van der Waals surface area contributed by atoms with Crippen LogP contribution in [0, 0.1) is 13.8 Å². The fourth-order valence-corrected chi connectivity index (χ4v) is 1.96. The Bertz CT molecular complexity index is 422. The van der Waals surface area contributed by atoms with Crippen LogP contribution < -0.4 is 10.1 Å². The van der Waals surface area contributed by atoms with Crippen molar-refractivity contribution in [3.63, 3.8) is 0 Å². The number of esters is 1. The summed E-state index contributed by atoms with van der Waals surface area (Å²) in [6.45, 7) is 4.21. The number of carbonyl (C=O) groups is 1. The van der Waals surface area contributed by atoms with Gasteiger partial charge >= 0.3 is 5.97 Å². The minimum Gasteiger partial charge on any atom is -0.496 e. The number of aliphatic hydroxyl groups is 1. The summed E-state index contributed by atoms with van der Waals surface area (Å²) in [7, 11) is 2.95. The first-order valence-electron chi connectivity index (χ1n) is 6.12. The van der Waals surface area contributed by atoms with Gasteiger partial charge in [0.25, 0.3) is 0 Å². The monoisotopic (exact) mass is 267 g/mol. The van der Waals surface area contributed by atoms with Crippen molar-refractivity contribution in [2.75, 3.05) is 26.1 Å². The summed E-state index contributed by atoms with van der Waals surface area (Å²) >= 11 is 0. The maximum absolute atomic E-state index is 11.0. The van der Waals surface area contributed by atoms with E-state index in [9.17, 15) is 9.90 Å². The largest absolute Gasteiger partial charge is 0.496 e. The molecule has 1 atom stereocenters. The molecule has 0 saturated heterocycles. The molecule has 19 heavy (non-hydrogen) atoms. The molecule has 1 unspecified atom stereocenters. The first-order valence-corrected chi connectivity index (χ1v) is 6.12. The molecule has 1 rings (SSSR count). The number of hydrogen-bond donors (Lipinski definition) is 2. The summed E-state index contributed by atoms with van der Waals surface area (Å²) in [4.78, 5) is 11.0. The molecule has 0 aliphatic carbocycles. The molecule has 0 bridgehead atoms. The SMILES string of the molecule is COC(=O)CC(O)CNc1cc(C)c(OC)c(C)c1. The zero-order valence-corrected chi connectivity index (χ0v) is 11.8. The van der Waals surface area contributed by atoms with E-state index in [0.717, 1.165) is 22.6 Å². The van der Waals surface area contributed by atoms with Crippen molar-refractivity contribution in [1.29, 1.82) is 0 Å². The number of ether oxygens (including phenoxy) is 2. The van der Waals surface area contributed by atoms with E-state index in [0.29, 0.717) is 6.54 Å². The number of carbonyl (C=O) groups excluding carboxylic acids is 1. The molecule has 0 saturated carbocycles. The smallest absolute Gasteiger partial charge is 0.308 e. The lowest BCUT2D eigenvalue weighted by molar-refractivity contribution is -0.142. The van der Waals surface area contributed by atoms with Crippen molar-refractivity contribution >= 4 is 11.7 Å². The molecule has 106 valence electrons. The number of aryl methyl sites for hydroxylation is 2. The van der Waals surface area contributed by atoms with Gasteiger partial charge in [-0.1, -0.05) is 0 Å². The Labute approximate surface area is 113 Å². The highest BCUT2D eigenvalue weighted by Gasteiger charge is 2.11. The van der Waals surface area contributed by atoms with Crippen LogP contribution >= 0.6 is 0 Å². The predicted octanol–water partition coefficient (Wildman–Crippen LogP) is 1.65. The Hall–Kier alpha value is -1.75. The third kappa shape index (κ3) is 4.44. The number of nitrogens with one attached hydrogen (secondary N) is 1. The molecule has 5 nitrogen and oxygen atoms in total. The highest BCUT2D eigenvalue weighted by atomic mass is 16.5. The van der Waals surface area contributed by atoms with Crippen molar-refractivity contribution in [2.24, 2.45) is 0 Å². The van der Waals surface area contributed by atoms with Crippen molar-refractivity contribution < 1.29 is 19.4 Å². The number of aliphatic hydroxyl groups excluding tert-OH is 1. The summed E-state index contributed by atoms with van der Waals surface area (Å²) in [6, 6.07) is 3.88. The third-order valence-electron chi connectivity index (χ3n) is 2.84. The topological polar surface area (TPSA) is 67.8 Å². The maximum Gasteiger partial charge on any atom is 0.308 e. The molecule has 0 amide bonds. The van der Waals surface area contributed by atoms with Crippen LogP contribution in [-0.4, -0.2) is 37.9 Å². The average molecular weight is 267 g/mol. The van der Waals surface area contributed by atoms with E-state index < -0.39 is 12.1 Å². The van der Waals surface area contributed by atoms with Gasteiger partial charge in [0, 0.05) is 12.2 Å². The quantitative estimate of drug-likeness (QED) is 0.767. The molecule has 1 aromatic carbocycles.